The number of rotatable bonds is 4. The van der Waals surface area contributed by atoms with Crippen molar-refractivity contribution in [1.82, 2.24) is 19.6 Å². The van der Waals surface area contributed by atoms with E-state index in [9.17, 15) is 9.59 Å². The second-order valence-corrected chi connectivity index (χ2v) is 6.41. The maximum absolute atomic E-state index is 12.5. The van der Waals surface area contributed by atoms with Crippen molar-refractivity contribution in [3.8, 4) is 0 Å². The van der Waals surface area contributed by atoms with Crippen molar-refractivity contribution in [2.45, 2.75) is 25.4 Å². The first-order chi connectivity index (χ1) is 12.0. The Labute approximate surface area is 147 Å². The molecule has 25 heavy (non-hydrogen) atoms. The first-order valence-corrected chi connectivity index (χ1v) is 8.40. The van der Waals surface area contributed by atoms with E-state index < -0.39 is 0 Å². The van der Waals surface area contributed by atoms with Gasteiger partial charge in [-0.1, -0.05) is 12.1 Å². The highest BCUT2D eigenvalue weighted by molar-refractivity contribution is 5.94. The van der Waals surface area contributed by atoms with Crippen molar-refractivity contribution in [3.63, 3.8) is 0 Å². The predicted octanol–water partition coefficient (Wildman–Crippen LogP) is 2.02. The number of likely N-dealkylation sites (tertiary alicyclic amines) is 1. The Bertz CT molecular complexity index is 724. The number of nitrogens with zero attached hydrogens (tertiary/aromatic N) is 4. The van der Waals surface area contributed by atoms with Gasteiger partial charge in [-0.2, -0.15) is 5.10 Å². The van der Waals surface area contributed by atoms with E-state index in [0.29, 0.717) is 19.5 Å². The highest BCUT2D eigenvalue weighted by Crippen LogP contribution is 2.20. The summed E-state index contributed by atoms with van der Waals surface area (Å²) in [4.78, 5) is 27.9. The molecule has 1 fully saturated rings. The van der Waals surface area contributed by atoms with Crippen LogP contribution < -0.4 is 5.32 Å². The fourth-order valence-electron chi connectivity index (χ4n) is 3.03. The molecule has 7 nitrogen and oxygen atoms in total. The summed E-state index contributed by atoms with van der Waals surface area (Å²) in [5.41, 5.74) is 1.82. The standard InChI is InChI=1S/C18H23N5O2/c1-21(2)17(24)16-5-3-12-23(16)18(25)20-15-8-6-14(7-9-15)13-22-11-4-10-19-22/h4,6-11,16H,3,5,12-13H2,1-2H3,(H,20,25)/t16-/m1/s1. The van der Waals surface area contributed by atoms with Crippen LogP contribution in [0.1, 0.15) is 18.4 Å². The van der Waals surface area contributed by atoms with Crippen LogP contribution in [0.5, 0.6) is 0 Å². The van der Waals surface area contributed by atoms with Gasteiger partial charge in [0.05, 0.1) is 6.54 Å². The molecule has 3 rings (SSSR count). The van der Waals surface area contributed by atoms with Crippen LogP contribution in [0.2, 0.25) is 0 Å². The van der Waals surface area contributed by atoms with E-state index in [1.807, 2.05) is 41.2 Å². The second-order valence-electron chi connectivity index (χ2n) is 6.41. The molecule has 1 aliphatic rings. The van der Waals surface area contributed by atoms with Gasteiger partial charge in [-0.05, 0) is 36.6 Å². The Balaban J connectivity index is 1.61. The van der Waals surface area contributed by atoms with Crippen LogP contribution in [0.15, 0.2) is 42.7 Å². The van der Waals surface area contributed by atoms with Gasteiger partial charge in [-0.15, -0.1) is 0 Å². The number of urea groups is 1. The van der Waals surface area contributed by atoms with Crippen LogP contribution in [0.3, 0.4) is 0 Å². The SMILES string of the molecule is CN(C)C(=O)[C@H]1CCCN1C(=O)Nc1ccc(Cn2cccn2)cc1. The van der Waals surface area contributed by atoms with E-state index in [0.717, 1.165) is 17.7 Å². The van der Waals surface area contributed by atoms with Crippen LogP contribution in [0.25, 0.3) is 0 Å². The number of likely N-dealkylation sites (N-methyl/N-ethyl adjacent to an activating group) is 1. The van der Waals surface area contributed by atoms with Crippen molar-refractivity contribution in [1.29, 1.82) is 0 Å². The first-order valence-electron chi connectivity index (χ1n) is 8.40. The molecule has 2 aromatic rings. The Morgan fingerprint density at radius 1 is 1.28 bits per heavy atom. The van der Waals surface area contributed by atoms with Gasteiger partial charge in [0.1, 0.15) is 6.04 Å². The number of carbonyl (C=O) groups is 2. The molecule has 1 atom stereocenters. The summed E-state index contributed by atoms with van der Waals surface area (Å²) in [5.74, 6) is -0.0257. The molecule has 1 aromatic heterocycles. The molecule has 0 spiro atoms. The Morgan fingerprint density at radius 3 is 2.68 bits per heavy atom. The zero-order valence-corrected chi connectivity index (χ0v) is 14.6. The van der Waals surface area contributed by atoms with Crippen LogP contribution in [-0.2, 0) is 11.3 Å². The maximum atomic E-state index is 12.5. The third kappa shape index (κ3) is 3.99. The van der Waals surface area contributed by atoms with E-state index in [1.165, 1.54) is 0 Å². The minimum atomic E-state index is -0.367. The molecule has 1 aliphatic heterocycles. The number of benzene rings is 1. The second kappa shape index (κ2) is 7.38. The Hall–Kier alpha value is -2.83. The molecule has 132 valence electrons. The summed E-state index contributed by atoms with van der Waals surface area (Å²) in [6.45, 7) is 1.29. The average molecular weight is 341 g/mol. The molecule has 1 aromatic carbocycles. The summed E-state index contributed by atoms with van der Waals surface area (Å²) in [6, 6.07) is 8.96. The highest BCUT2D eigenvalue weighted by Gasteiger charge is 2.34. The number of aromatic nitrogens is 2. The number of hydrogen-bond acceptors (Lipinski definition) is 3. The maximum Gasteiger partial charge on any atom is 0.322 e. The van der Waals surface area contributed by atoms with Gasteiger partial charge in [0.25, 0.3) is 0 Å². The van der Waals surface area contributed by atoms with Crippen molar-refractivity contribution < 1.29 is 9.59 Å². The fourth-order valence-corrected chi connectivity index (χ4v) is 3.03. The molecule has 0 unspecified atom stereocenters. The number of hydrogen-bond donors (Lipinski definition) is 1. The van der Waals surface area contributed by atoms with Gasteiger partial charge >= 0.3 is 6.03 Å². The number of carbonyl (C=O) groups excluding carboxylic acids is 2. The van der Waals surface area contributed by atoms with E-state index in [-0.39, 0.29) is 18.0 Å². The third-order valence-electron chi connectivity index (χ3n) is 4.35. The van der Waals surface area contributed by atoms with E-state index >= 15 is 0 Å². The molecule has 2 heterocycles. The summed E-state index contributed by atoms with van der Waals surface area (Å²) >= 11 is 0. The van der Waals surface area contributed by atoms with Crippen LogP contribution in [-0.4, -0.2) is 58.2 Å². The van der Waals surface area contributed by atoms with E-state index in [1.54, 1.807) is 30.1 Å². The molecular weight excluding hydrogens is 318 g/mol. The van der Waals surface area contributed by atoms with Crippen molar-refractivity contribution in [2.24, 2.45) is 0 Å². The van der Waals surface area contributed by atoms with Gasteiger partial charge in [-0.3, -0.25) is 9.48 Å². The first kappa shape index (κ1) is 17.0. The molecule has 0 saturated carbocycles. The molecule has 3 amide bonds. The smallest absolute Gasteiger partial charge is 0.322 e. The van der Waals surface area contributed by atoms with Crippen LogP contribution >= 0.6 is 0 Å². The summed E-state index contributed by atoms with van der Waals surface area (Å²) < 4.78 is 1.84. The lowest BCUT2D eigenvalue weighted by Gasteiger charge is -2.26. The average Bonchev–Trinajstić information content (AvgIpc) is 3.27. The third-order valence-corrected chi connectivity index (χ3v) is 4.35. The quantitative estimate of drug-likeness (QED) is 0.925. The highest BCUT2D eigenvalue weighted by atomic mass is 16.2. The summed E-state index contributed by atoms with van der Waals surface area (Å²) in [5, 5.41) is 7.07. The van der Waals surface area contributed by atoms with Crippen LogP contribution in [0, 0.1) is 0 Å². The van der Waals surface area contributed by atoms with Gasteiger partial charge in [0, 0.05) is 38.7 Å². The van der Waals surface area contributed by atoms with E-state index in [4.69, 9.17) is 0 Å². The van der Waals surface area contributed by atoms with Crippen LogP contribution in [0.4, 0.5) is 10.5 Å². The van der Waals surface area contributed by atoms with Gasteiger partial charge < -0.3 is 15.1 Å². The van der Waals surface area contributed by atoms with Crippen molar-refractivity contribution in [2.75, 3.05) is 26.0 Å². The van der Waals surface area contributed by atoms with Gasteiger partial charge in [0.2, 0.25) is 5.91 Å². The van der Waals surface area contributed by atoms with Crippen molar-refractivity contribution in [3.05, 3.63) is 48.3 Å². The molecule has 0 aliphatic carbocycles. The minimum Gasteiger partial charge on any atom is -0.347 e. The van der Waals surface area contributed by atoms with Gasteiger partial charge in [-0.25, -0.2) is 4.79 Å². The topological polar surface area (TPSA) is 70.5 Å². The summed E-state index contributed by atoms with van der Waals surface area (Å²) in [7, 11) is 3.43. The Morgan fingerprint density at radius 2 is 2.04 bits per heavy atom. The molecule has 0 bridgehead atoms. The monoisotopic (exact) mass is 341 g/mol. The summed E-state index contributed by atoms with van der Waals surface area (Å²) in [6.07, 6.45) is 5.22. The normalized spacial score (nSPS) is 16.7. The zero-order chi connectivity index (χ0) is 17.8. The molecular formula is C18H23N5O2. The van der Waals surface area contributed by atoms with E-state index in [2.05, 4.69) is 10.4 Å². The molecule has 7 heteroatoms. The lowest BCUT2D eigenvalue weighted by atomic mass is 10.2. The van der Waals surface area contributed by atoms with Gasteiger partial charge in [0.15, 0.2) is 0 Å². The number of nitrogens with one attached hydrogen (secondary N) is 1. The molecule has 0 radical (unpaired) electrons. The number of anilines is 1. The largest absolute Gasteiger partial charge is 0.347 e. The number of amides is 3. The molecule has 1 saturated heterocycles. The predicted molar refractivity (Wildman–Crippen MR) is 95.2 cm³/mol. The zero-order valence-electron chi connectivity index (χ0n) is 14.6. The Kier molecular flexibility index (Phi) is 5.02. The van der Waals surface area contributed by atoms with Crippen molar-refractivity contribution >= 4 is 17.6 Å². The minimum absolute atomic E-state index is 0.0257. The fraction of sp³-hybridized carbons (Fsp3) is 0.389. The lowest BCUT2D eigenvalue weighted by Crippen LogP contribution is -2.47. The molecule has 1 N–H and O–H groups in total. The lowest BCUT2D eigenvalue weighted by molar-refractivity contribution is -0.132.